The molecule has 2 heterocycles. The zero-order valence-electron chi connectivity index (χ0n) is 15.3. The number of carbonyl (C=O) groups is 2. The van der Waals surface area contributed by atoms with Crippen LogP contribution in [0.1, 0.15) is 27.5 Å². The number of fused-ring (bicyclic) bond motifs is 1. The summed E-state index contributed by atoms with van der Waals surface area (Å²) in [6, 6.07) is 15.7. The van der Waals surface area contributed by atoms with E-state index < -0.39 is 12.0 Å². The molecule has 0 saturated heterocycles. The predicted molar refractivity (Wildman–Crippen MR) is 101 cm³/mol. The smallest absolute Gasteiger partial charge is 0.355 e. The minimum Gasteiger partial charge on any atom is -0.464 e. The summed E-state index contributed by atoms with van der Waals surface area (Å²) in [6.45, 7) is 1.97. The number of anilines is 1. The highest BCUT2D eigenvalue weighted by atomic mass is 16.5. The molecule has 0 fully saturated rings. The average Bonchev–Trinajstić information content (AvgIpc) is 3.21. The van der Waals surface area contributed by atoms with Crippen molar-refractivity contribution in [3.63, 3.8) is 0 Å². The Morgan fingerprint density at radius 2 is 1.79 bits per heavy atom. The molecular formula is C20H17N5O3. The maximum Gasteiger partial charge on any atom is 0.355 e. The molecule has 0 radical (unpaired) electrons. The van der Waals surface area contributed by atoms with Crippen LogP contribution in [0.4, 0.5) is 5.95 Å². The molecule has 0 amide bonds. The average molecular weight is 375 g/mol. The Hall–Kier alpha value is -3.81. The molecule has 0 bridgehead atoms. The van der Waals surface area contributed by atoms with Crippen molar-refractivity contribution in [2.24, 2.45) is 0 Å². The number of nitrogens with zero attached hydrogens (tertiary/aromatic N) is 4. The fourth-order valence-electron chi connectivity index (χ4n) is 3.19. The van der Waals surface area contributed by atoms with E-state index in [1.807, 2.05) is 37.3 Å². The third kappa shape index (κ3) is 2.94. The number of allylic oxidation sites excluding steroid dienone is 1. The number of aromatic nitrogens is 4. The molecule has 1 atom stereocenters. The summed E-state index contributed by atoms with van der Waals surface area (Å²) >= 11 is 0. The Kier molecular flexibility index (Phi) is 4.44. The molecule has 8 heteroatoms. The van der Waals surface area contributed by atoms with E-state index in [1.54, 1.807) is 24.3 Å². The second-order valence-corrected chi connectivity index (χ2v) is 6.36. The number of tetrazole rings is 1. The second-order valence-electron chi connectivity index (χ2n) is 6.36. The van der Waals surface area contributed by atoms with Crippen molar-refractivity contribution in [1.29, 1.82) is 0 Å². The summed E-state index contributed by atoms with van der Waals surface area (Å²) < 4.78 is 6.40. The van der Waals surface area contributed by atoms with Crippen LogP contribution in [0.5, 0.6) is 0 Å². The van der Waals surface area contributed by atoms with E-state index in [2.05, 4.69) is 20.8 Å². The van der Waals surface area contributed by atoms with Gasteiger partial charge in [0.2, 0.25) is 5.95 Å². The fourth-order valence-corrected chi connectivity index (χ4v) is 3.19. The molecule has 0 spiro atoms. The van der Waals surface area contributed by atoms with E-state index in [1.165, 1.54) is 11.8 Å². The SMILES string of the molecule is COC(=O)C1=C(C(=O)c2ccccc2)C(c2ccc(C)cc2)n2nnnc2N1. The van der Waals surface area contributed by atoms with Crippen LogP contribution < -0.4 is 5.32 Å². The summed E-state index contributed by atoms with van der Waals surface area (Å²) in [4.78, 5) is 25.9. The van der Waals surface area contributed by atoms with E-state index in [9.17, 15) is 9.59 Å². The summed E-state index contributed by atoms with van der Waals surface area (Å²) in [5.74, 6) is -0.707. The standard InChI is InChI=1S/C20H17N5O3/c1-12-8-10-13(11-9-12)17-15(18(26)14-6-4-3-5-7-14)16(19(27)28-2)21-20-22-23-24-25(17)20/h3-11,17H,1-2H3,(H,21,22,24). The van der Waals surface area contributed by atoms with Crippen molar-refractivity contribution in [1.82, 2.24) is 20.2 Å². The quantitative estimate of drug-likeness (QED) is 0.552. The lowest BCUT2D eigenvalue weighted by Gasteiger charge is -2.28. The Bertz CT molecular complexity index is 1070. The number of hydrogen-bond donors (Lipinski definition) is 1. The van der Waals surface area contributed by atoms with Gasteiger partial charge in [0.25, 0.3) is 0 Å². The maximum absolute atomic E-state index is 13.4. The largest absolute Gasteiger partial charge is 0.464 e. The van der Waals surface area contributed by atoms with Gasteiger partial charge in [0.05, 0.1) is 12.7 Å². The van der Waals surface area contributed by atoms with Crippen LogP contribution in [0.3, 0.4) is 0 Å². The van der Waals surface area contributed by atoms with Gasteiger partial charge in [0.15, 0.2) is 5.78 Å². The van der Waals surface area contributed by atoms with Gasteiger partial charge in [-0.3, -0.25) is 4.79 Å². The Balaban J connectivity index is 1.95. The molecule has 2 aromatic carbocycles. The number of esters is 1. The van der Waals surface area contributed by atoms with Gasteiger partial charge >= 0.3 is 5.97 Å². The predicted octanol–water partition coefficient (Wildman–Crippen LogP) is 2.31. The van der Waals surface area contributed by atoms with Gasteiger partial charge in [-0.15, -0.1) is 0 Å². The minimum absolute atomic E-state index is 0.0317. The van der Waals surface area contributed by atoms with Crippen LogP contribution in [0, 0.1) is 6.92 Å². The highest BCUT2D eigenvalue weighted by Gasteiger charge is 2.38. The van der Waals surface area contributed by atoms with Crippen LogP contribution in [-0.4, -0.2) is 39.1 Å². The molecule has 1 aliphatic heterocycles. The third-order valence-electron chi connectivity index (χ3n) is 4.58. The number of aryl methyl sites for hydroxylation is 1. The second kappa shape index (κ2) is 7.07. The Morgan fingerprint density at radius 3 is 2.46 bits per heavy atom. The first-order valence-electron chi connectivity index (χ1n) is 8.64. The van der Waals surface area contributed by atoms with Crippen molar-refractivity contribution in [3.8, 4) is 0 Å². The fraction of sp³-hybridized carbons (Fsp3) is 0.150. The monoisotopic (exact) mass is 375 g/mol. The molecular weight excluding hydrogens is 358 g/mol. The number of benzene rings is 2. The lowest BCUT2D eigenvalue weighted by atomic mass is 9.89. The maximum atomic E-state index is 13.4. The van der Waals surface area contributed by atoms with Gasteiger partial charge in [0, 0.05) is 5.56 Å². The van der Waals surface area contributed by atoms with E-state index in [0.29, 0.717) is 5.56 Å². The molecule has 8 nitrogen and oxygen atoms in total. The zero-order valence-corrected chi connectivity index (χ0v) is 15.3. The van der Waals surface area contributed by atoms with Crippen molar-refractivity contribution in [2.75, 3.05) is 12.4 Å². The van der Waals surface area contributed by atoms with Crippen molar-refractivity contribution >= 4 is 17.7 Å². The van der Waals surface area contributed by atoms with Crippen molar-refractivity contribution in [3.05, 3.63) is 82.6 Å². The van der Waals surface area contributed by atoms with Gasteiger partial charge in [-0.05, 0) is 22.9 Å². The van der Waals surface area contributed by atoms with Crippen LogP contribution in [-0.2, 0) is 9.53 Å². The van der Waals surface area contributed by atoms with Crippen LogP contribution in [0.25, 0.3) is 0 Å². The Labute approximate surface area is 160 Å². The third-order valence-corrected chi connectivity index (χ3v) is 4.58. The summed E-state index contributed by atoms with van der Waals surface area (Å²) in [5, 5.41) is 14.5. The van der Waals surface area contributed by atoms with Gasteiger partial charge in [0.1, 0.15) is 11.7 Å². The van der Waals surface area contributed by atoms with Crippen molar-refractivity contribution in [2.45, 2.75) is 13.0 Å². The molecule has 28 heavy (non-hydrogen) atoms. The molecule has 0 saturated carbocycles. The van der Waals surface area contributed by atoms with Gasteiger partial charge in [-0.2, -0.15) is 4.68 Å². The molecule has 1 aliphatic rings. The Morgan fingerprint density at radius 1 is 1.07 bits per heavy atom. The molecule has 1 unspecified atom stereocenters. The molecule has 3 aromatic rings. The molecule has 4 rings (SSSR count). The number of ketones is 1. The minimum atomic E-state index is -0.673. The van der Waals surface area contributed by atoms with E-state index in [0.717, 1.165) is 11.1 Å². The first-order valence-corrected chi connectivity index (χ1v) is 8.64. The summed E-state index contributed by atoms with van der Waals surface area (Å²) in [6.07, 6.45) is 0. The van der Waals surface area contributed by atoms with E-state index >= 15 is 0 Å². The summed E-state index contributed by atoms with van der Waals surface area (Å²) in [7, 11) is 1.26. The number of ether oxygens (including phenoxy) is 1. The van der Waals surface area contributed by atoms with Crippen molar-refractivity contribution < 1.29 is 14.3 Å². The van der Waals surface area contributed by atoms with Crippen LogP contribution in [0.2, 0.25) is 0 Å². The molecule has 140 valence electrons. The van der Waals surface area contributed by atoms with E-state index in [-0.39, 0.29) is 23.0 Å². The van der Waals surface area contributed by atoms with E-state index in [4.69, 9.17) is 4.74 Å². The number of nitrogens with one attached hydrogen (secondary N) is 1. The number of rotatable bonds is 4. The number of methoxy groups -OCH3 is 1. The van der Waals surface area contributed by atoms with Crippen LogP contribution in [0.15, 0.2) is 65.9 Å². The van der Waals surface area contributed by atoms with Gasteiger partial charge < -0.3 is 10.1 Å². The molecule has 1 aromatic heterocycles. The highest BCUT2D eigenvalue weighted by molar-refractivity contribution is 6.14. The number of carbonyl (C=O) groups excluding carboxylic acids is 2. The normalized spacial score (nSPS) is 15.6. The molecule has 0 aliphatic carbocycles. The lowest BCUT2D eigenvalue weighted by Crippen LogP contribution is -2.32. The lowest BCUT2D eigenvalue weighted by molar-refractivity contribution is -0.136. The topological polar surface area (TPSA) is 99.0 Å². The molecule has 1 N–H and O–H groups in total. The zero-order chi connectivity index (χ0) is 19.7. The number of Topliss-reactive ketones (excluding diaryl/α,β-unsaturated/α-hetero) is 1. The summed E-state index contributed by atoms with van der Waals surface area (Å²) in [5.41, 5.74) is 2.56. The first-order chi connectivity index (χ1) is 13.6. The highest BCUT2D eigenvalue weighted by Crippen LogP contribution is 2.36. The first kappa shape index (κ1) is 17.6. The van der Waals surface area contributed by atoms with Gasteiger partial charge in [-0.25, -0.2) is 4.79 Å². The van der Waals surface area contributed by atoms with Crippen LogP contribution >= 0.6 is 0 Å². The number of hydrogen-bond acceptors (Lipinski definition) is 7. The van der Waals surface area contributed by atoms with Gasteiger partial charge in [-0.1, -0.05) is 65.3 Å².